The number of hydrogen-bond acceptors (Lipinski definition) is 5. The van der Waals surface area contributed by atoms with E-state index in [0.29, 0.717) is 37.1 Å². The molecule has 1 aliphatic rings. The molecule has 28 heavy (non-hydrogen) atoms. The fraction of sp³-hybridized carbons (Fsp3) is 0.238. The topological polar surface area (TPSA) is 54.5 Å². The van der Waals surface area contributed by atoms with Crippen molar-refractivity contribution >= 4 is 22.4 Å². The van der Waals surface area contributed by atoms with Gasteiger partial charge in [0.1, 0.15) is 11.9 Å². The highest BCUT2D eigenvalue weighted by atomic mass is 32.1. The van der Waals surface area contributed by atoms with Gasteiger partial charge in [0.2, 0.25) is 5.91 Å². The number of anilines is 1. The Labute approximate surface area is 166 Å². The summed E-state index contributed by atoms with van der Waals surface area (Å²) in [7, 11) is 0. The van der Waals surface area contributed by atoms with Crippen LogP contribution < -0.4 is 5.32 Å². The molecule has 3 aromatic rings. The summed E-state index contributed by atoms with van der Waals surface area (Å²) in [6.07, 6.45) is 0. The van der Waals surface area contributed by atoms with Crippen LogP contribution in [0.3, 0.4) is 0 Å². The lowest BCUT2D eigenvalue weighted by Crippen LogP contribution is -2.43. The van der Waals surface area contributed by atoms with Crippen LogP contribution in [0.4, 0.5) is 9.52 Å². The molecule has 1 atom stereocenters. The van der Waals surface area contributed by atoms with Crippen molar-refractivity contribution in [1.29, 1.82) is 0 Å². The zero-order valence-corrected chi connectivity index (χ0v) is 16.0. The number of nitrogens with one attached hydrogen (secondary N) is 1. The van der Waals surface area contributed by atoms with Crippen molar-refractivity contribution in [3.63, 3.8) is 0 Å². The molecule has 1 amide bonds. The van der Waals surface area contributed by atoms with Gasteiger partial charge in [0, 0.05) is 24.0 Å². The van der Waals surface area contributed by atoms with E-state index in [0.717, 1.165) is 11.1 Å². The lowest BCUT2D eigenvalue weighted by molar-refractivity contribution is -0.123. The number of hydrogen-bond donors (Lipinski definition) is 1. The van der Waals surface area contributed by atoms with Gasteiger partial charge < -0.3 is 10.1 Å². The first-order valence-corrected chi connectivity index (χ1v) is 9.98. The van der Waals surface area contributed by atoms with E-state index in [2.05, 4.69) is 15.2 Å². The lowest BCUT2D eigenvalue weighted by Gasteiger charge is -2.33. The molecule has 4 rings (SSSR count). The molecule has 1 aliphatic heterocycles. The number of morpholine rings is 1. The van der Waals surface area contributed by atoms with Crippen LogP contribution in [0.5, 0.6) is 0 Å². The second-order valence-corrected chi connectivity index (χ2v) is 7.35. The summed E-state index contributed by atoms with van der Waals surface area (Å²) in [5, 5.41) is 5.33. The number of amides is 1. The van der Waals surface area contributed by atoms with Gasteiger partial charge in [-0.3, -0.25) is 9.69 Å². The van der Waals surface area contributed by atoms with Gasteiger partial charge in [0.25, 0.3) is 0 Å². The zero-order chi connectivity index (χ0) is 19.3. The Balaban J connectivity index is 1.53. The number of nitrogens with zero attached hydrogens (tertiary/aromatic N) is 2. The van der Waals surface area contributed by atoms with Crippen molar-refractivity contribution in [1.82, 2.24) is 9.88 Å². The Morgan fingerprint density at radius 3 is 2.54 bits per heavy atom. The zero-order valence-electron chi connectivity index (χ0n) is 15.2. The number of halogens is 1. The van der Waals surface area contributed by atoms with Crippen LogP contribution in [0.2, 0.25) is 0 Å². The average molecular weight is 397 g/mol. The third-order valence-electron chi connectivity index (χ3n) is 4.65. The second-order valence-electron chi connectivity index (χ2n) is 6.50. The summed E-state index contributed by atoms with van der Waals surface area (Å²) in [6, 6.07) is 15.5. The Morgan fingerprint density at radius 2 is 1.82 bits per heavy atom. The number of aromatic nitrogens is 1. The summed E-state index contributed by atoms with van der Waals surface area (Å²) in [4.78, 5) is 19.7. The standard InChI is InChI=1S/C21H20FN3O2S/c22-17-8-6-15(7-9-17)18-14-28-21(23-18)24-20(26)19(16-4-2-1-3-5-16)25-10-12-27-13-11-25/h1-9,14,19H,10-13H2,(H,23,24,26)/t19-/m1/s1. The van der Waals surface area contributed by atoms with Gasteiger partial charge in [-0.25, -0.2) is 9.37 Å². The average Bonchev–Trinajstić information content (AvgIpc) is 3.19. The van der Waals surface area contributed by atoms with E-state index in [1.165, 1.54) is 23.5 Å². The predicted octanol–water partition coefficient (Wildman–Crippen LogP) is 3.96. The predicted molar refractivity (Wildman–Crippen MR) is 108 cm³/mol. The van der Waals surface area contributed by atoms with Gasteiger partial charge in [-0.15, -0.1) is 11.3 Å². The minimum absolute atomic E-state index is 0.117. The highest BCUT2D eigenvalue weighted by molar-refractivity contribution is 7.14. The summed E-state index contributed by atoms with van der Waals surface area (Å²) >= 11 is 1.36. The van der Waals surface area contributed by atoms with Gasteiger partial charge in [-0.2, -0.15) is 0 Å². The molecule has 1 fully saturated rings. The molecule has 1 saturated heterocycles. The van der Waals surface area contributed by atoms with Crippen molar-refractivity contribution in [2.24, 2.45) is 0 Å². The molecule has 1 N–H and O–H groups in total. The van der Waals surface area contributed by atoms with Crippen LogP contribution in [0.15, 0.2) is 60.0 Å². The van der Waals surface area contributed by atoms with E-state index in [1.54, 1.807) is 12.1 Å². The third kappa shape index (κ3) is 4.27. The quantitative estimate of drug-likeness (QED) is 0.708. The van der Waals surface area contributed by atoms with Gasteiger partial charge >= 0.3 is 0 Å². The Bertz CT molecular complexity index is 924. The van der Waals surface area contributed by atoms with E-state index >= 15 is 0 Å². The number of carbonyl (C=O) groups excluding carboxylic acids is 1. The molecule has 144 valence electrons. The van der Waals surface area contributed by atoms with E-state index in [9.17, 15) is 9.18 Å². The van der Waals surface area contributed by atoms with E-state index in [4.69, 9.17) is 4.74 Å². The molecule has 7 heteroatoms. The summed E-state index contributed by atoms with van der Waals surface area (Å²) in [5.41, 5.74) is 2.46. The van der Waals surface area contributed by atoms with Gasteiger partial charge in [-0.1, -0.05) is 30.3 Å². The fourth-order valence-corrected chi connectivity index (χ4v) is 3.98. The summed E-state index contributed by atoms with van der Waals surface area (Å²) in [6.45, 7) is 2.63. The fourth-order valence-electron chi connectivity index (χ4n) is 3.26. The van der Waals surface area contributed by atoms with Crippen molar-refractivity contribution in [2.45, 2.75) is 6.04 Å². The molecular weight excluding hydrogens is 377 g/mol. The molecule has 0 spiro atoms. The first kappa shape index (κ1) is 18.7. The normalized spacial score (nSPS) is 15.9. The molecule has 2 aromatic carbocycles. The minimum atomic E-state index is -0.400. The first-order valence-electron chi connectivity index (χ1n) is 9.10. The van der Waals surface area contributed by atoms with Crippen LogP contribution in [-0.4, -0.2) is 42.1 Å². The Kier molecular flexibility index (Phi) is 5.76. The SMILES string of the molecule is O=C(Nc1nc(-c2ccc(F)cc2)cs1)[C@@H](c1ccccc1)N1CCOCC1. The lowest BCUT2D eigenvalue weighted by atomic mass is 10.0. The molecule has 0 unspecified atom stereocenters. The number of ether oxygens (including phenoxy) is 1. The first-order chi connectivity index (χ1) is 13.7. The third-order valence-corrected chi connectivity index (χ3v) is 5.41. The molecule has 0 aliphatic carbocycles. The van der Waals surface area contributed by atoms with Crippen molar-refractivity contribution in [2.75, 3.05) is 31.6 Å². The van der Waals surface area contributed by atoms with Crippen LogP contribution in [0.1, 0.15) is 11.6 Å². The van der Waals surface area contributed by atoms with E-state index in [1.807, 2.05) is 35.7 Å². The minimum Gasteiger partial charge on any atom is -0.379 e. The van der Waals surface area contributed by atoms with E-state index < -0.39 is 6.04 Å². The highest BCUT2D eigenvalue weighted by Gasteiger charge is 2.29. The van der Waals surface area contributed by atoms with Crippen molar-refractivity contribution < 1.29 is 13.9 Å². The van der Waals surface area contributed by atoms with Crippen LogP contribution in [0.25, 0.3) is 11.3 Å². The summed E-state index contributed by atoms with van der Waals surface area (Å²) in [5.74, 6) is -0.406. The maximum absolute atomic E-state index is 13.1. The Hall–Kier alpha value is -2.61. The van der Waals surface area contributed by atoms with Gasteiger partial charge in [0.05, 0.1) is 18.9 Å². The molecule has 0 radical (unpaired) electrons. The molecule has 1 aromatic heterocycles. The maximum Gasteiger partial charge on any atom is 0.248 e. The van der Waals surface area contributed by atoms with Crippen molar-refractivity contribution in [3.8, 4) is 11.3 Å². The summed E-state index contributed by atoms with van der Waals surface area (Å²) < 4.78 is 18.6. The number of rotatable bonds is 5. The van der Waals surface area contributed by atoms with Crippen LogP contribution in [-0.2, 0) is 9.53 Å². The largest absolute Gasteiger partial charge is 0.379 e. The van der Waals surface area contributed by atoms with Gasteiger partial charge in [0.15, 0.2) is 5.13 Å². The highest BCUT2D eigenvalue weighted by Crippen LogP contribution is 2.28. The second kappa shape index (κ2) is 8.60. The van der Waals surface area contributed by atoms with Crippen LogP contribution >= 0.6 is 11.3 Å². The number of thiazole rings is 1. The molecule has 5 nitrogen and oxygen atoms in total. The van der Waals surface area contributed by atoms with Crippen LogP contribution in [0, 0.1) is 5.82 Å². The smallest absolute Gasteiger partial charge is 0.248 e. The van der Waals surface area contributed by atoms with Gasteiger partial charge in [-0.05, 0) is 29.8 Å². The molecule has 0 saturated carbocycles. The van der Waals surface area contributed by atoms with E-state index in [-0.39, 0.29) is 11.7 Å². The molecule has 0 bridgehead atoms. The molecular formula is C21H20FN3O2S. The monoisotopic (exact) mass is 397 g/mol. The molecule has 2 heterocycles. The van der Waals surface area contributed by atoms with Crippen molar-refractivity contribution in [3.05, 3.63) is 71.4 Å². The Morgan fingerprint density at radius 1 is 1.11 bits per heavy atom. The number of carbonyl (C=O) groups is 1. The number of benzene rings is 2. The maximum atomic E-state index is 13.1.